The first-order valence-electron chi connectivity index (χ1n) is 11.8. The molecule has 0 spiro atoms. The monoisotopic (exact) mass is 504 g/mol. The Hall–Kier alpha value is -1.82. The van der Waals surface area contributed by atoms with Crippen LogP contribution in [-0.2, 0) is 38.7 Å². The highest BCUT2D eigenvalue weighted by Gasteiger charge is 2.72. The molecule has 0 aromatic carbocycles. The van der Waals surface area contributed by atoms with E-state index in [9.17, 15) is 31.6 Å². The van der Waals surface area contributed by atoms with Crippen molar-refractivity contribution in [3.63, 3.8) is 0 Å². The SMILES string of the molecule is CC1(OC(=O)C2C3C(=O)OC4C3C[C@@H]2C4OC(=O)C(F)(F)S(=O)(=O)O)C2CC3CC(C2)CC1C3. The minimum Gasteiger partial charge on any atom is -0.459 e. The third kappa shape index (κ3) is 2.90. The van der Waals surface area contributed by atoms with Crippen LogP contribution < -0.4 is 0 Å². The lowest BCUT2D eigenvalue weighted by molar-refractivity contribution is -0.211. The van der Waals surface area contributed by atoms with Gasteiger partial charge < -0.3 is 14.2 Å². The van der Waals surface area contributed by atoms with Gasteiger partial charge in [0.2, 0.25) is 0 Å². The van der Waals surface area contributed by atoms with Gasteiger partial charge in [-0.15, -0.1) is 0 Å². The highest BCUT2D eigenvalue weighted by atomic mass is 32.2. The molecule has 0 aromatic heterocycles. The zero-order valence-electron chi connectivity index (χ0n) is 18.4. The number of carbonyl (C=O) groups excluding carboxylic acids is 3. The zero-order chi connectivity index (χ0) is 24.4. The third-order valence-electron chi connectivity index (χ3n) is 9.70. The molecule has 1 N–H and O–H groups in total. The summed E-state index contributed by atoms with van der Waals surface area (Å²) >= 11 is 0. The minimum absolute atomic E-state index is 0.226. The molecular formula is C22H26F2O9S. The van der Waals surface area contributed by atoms with Crippen molar-refractivity contribution in [1.29, 1.82) is 0 Å². The molecule has 12 heteroatoms. The van der Waals surface area contributed by atoms with Gasteiger partial charge in [0.05, 0.1) is 11.8 Å². The quantitative estimate of drug-likeness (QED) is 0.339. The molecular weight excluding hydrogens is 478 g/mol. The Morgan fingerprint density at radius 2 is 1.65 bits per heavy atom. The van der Waals surface area contributed by atoms with Crippen LogP contribution in [0.1, 0.15) is 45.4 Å². The van der Waals surface area contributed by atoms with Gasteiger partial charge in [-0.05, 0) is 69.1 Å². The van der Waals surface area contributed by atoms with Gasteiger partial charge in [-0.25, -0.2) is 4.79 Å². The number of hydrogen-bond donors (Lipinski definition) is 1. The number of ether oxygens (including phenoxy) is 3. The van der Waals surface area contributed by atoms with Crippen LogP contribution in [-0.4, -0.2) is 53.9 Å². The van der Waals surface area contributed by atoms with E-state index in [-0.39, 0.29) is 18.3 Å². The maximum atomic E-state index is 13.8. The normalized spacial score (nSPS) is 48.2. The summed E-state index contributed by atoms with van der Waals surface area (Å²) < 4.78 is 74.4. The smallest absolute Gasteiger partial charge is 0.459 e. The number of halogens is 2. The van der Waals surface area contributed by atoms with Crippen LogP contribution in [0.5, 0.6) is 0 Å². The average Bonchev–Trinajstić information content (AvgIpc) is 3.34. The molecule has 1 saturated heterocycles. The van der Waals surface area contributed by atoms with Gasteiger partial charge >= 0.3 is 33.3 Å². The number of rotatable bonds is 5. The second kappa shape index (κ2) is 6.89. The van der Waals surface area contributed by atoms with Gasteiger partial charge in [-0.3, -0.25) is 14.1 Å². The molecule has 7 fully saturated rings. The van der Waals surface area contributed by atoms with E-state index in [2.05, 4.69) is 0 Å². The van der Waals surface area contributed by atoms with Crippen molar-refractivity contribution in [3.05, 3.63) is 0 Å². The van der Waals surface area contributed by atoms with Gasteiger partial charge in [0.15, 0.2) is 0 Å². The number of alkyl halides is 2. The third-order valence-corrected chi connectivity index (χ3v) is 10.5. The second-order valence-corrected chi connectivity index (χ2v) is 12.8. The van der Waals surface area contributed by atoms with Crippen LogP contribution >= 0.6 is 0 Å². The van der Waals surface area contributed by atoms with Crippen LogP contribution in [0.3, 0.4) is 0 Å². The standard InChI is InChI=1S/C22H26F2O9S/c1-21(10-3-8-2-9(5-10)6-11(21)4-8)33-19(26)15-13-7-12-14(15)18(25)31-16(12)17(13)32-20(27)22(23,24)34(28,29)30/h8-17H,2-7H2,1H3,(H,28,29,30)/t8?,9?,10?,11?,12?,13-,14?,15?,16?,17?,21?/m0/s1. The van der Waals surface area contributed by atoms with Crippen molar-refractivity contribution in [2.45, 2.75) is 68.5 Å². The number of carbonyl (C=O) groups is 3. The summed E-state index contributed by atoms with van der Waals surface area (Å²) in [6, 6.07) is 0. The van der Waals surface area contributed by atoms with Crippen molar-refractivity contribution < 1.29 is 50.3 Å². The second-order valence-electron chi connectivity index (χ2n) is 11.3. The Balaban J connectivity index is 1.24. The summed E-state index contributed by atoms with van der Waals surface area (Å²) in [5, 5.41) is -5.18. The van der Waals surface area contributed by atoms with Gasteiger partial charge in [-0.1, -0.05) is 0 Å². The molecule has 6 aliphatic carbocycles. The zero-order valence-corrected chi connectivity index (χ0v) is 19.2. The number of esters is 3. The van der Waals surface area contributed by atoms with Crippen molar-refractivity contribution >= 4 is 28.0 Å². The van der Waals surface area contributed by atoms with E-state index in [0.29, 0.717) is 11.8 Å². The molecule has 9 nitrogen and oxygen atoms in total. The molecule has 0 aromatic rings. The highest BCUT2D eigenvalue weighted by Crippen LogP contribution is 2.62. The van der Waals surface area contributed by atoms with Crippen molar-refractivity contribution in [3.8, 4) is 0 Å². The van der Waals surface area contributed by atoms with Crippen molar-refractivity contribution in [2.75, 3.05) is 0 Å². The number of fused-ring (bicyclic) bond motifs is 1. The summed E-state index contributed by atoms with van der Waals surface area (Å²) in [7, 11) is -6.06. The summed E-state index contributed by atoms with van der Waals surface area (Å²) in [5.41, 5.74) is -0.668. The van der Waals surface area contributed by atoms with Gasteiger partial charge in [0.25, 0.3) is 0 Å². The first-order chi connectivity index (χ1) is 15.8. The van der Waals surface area contributed by atoms with Gasteiger partial charge in [0, 0.05) is 11.8 Å². The molecule has 7 aliphatic rings. The predicted molar refractivity (Wildman–Crippen MR) is 106 cm³/mol. The molecule has 34 heavy (non-hydrogen) atoms. The van der Waals surface area contributed by atoms with Crippen LogP contribution in [0.4, 0.5) is 8.78 Å². The van der Waals surface area contributed by atoms with Gasteiger partial charge in [-0.2, -0.15) is 17.2 Å². The highest BCUT2D eigenvalue weighted by molar-refractivity contribution is 7.87. The van der Waals surface area contributed by atoms with Gasteiger partial charge in [0.1, 0.15) is 17.8 Å². The Kier molecular flexibility index (Phi) is 4.59. The fourth-order valence-corrected chi connectivity index (χ4v) is 8.60. The molecule has 188 valence electrons. The van der Waals surface area contributed by atoms with Crippen molar-refractivity contribution in [2.24, 2.45) is 47.3 Å². The average molecular weight is 505 g/mol. The van der Waals surface area contributed by atoms with Crippen LogP contribution in [0, 0.1) is 47.3 Å². The molecule has 6 atom stereocenters. The van der Waals surface area contributed by atoms with E-state index >= 15 is 0 Å². The Morgan fingerprint density at radius 1 is 1.06 bits per heavy atom. The number of hydrogen-bond acceptors (Lipinski definition) is 8. The summed E-state index contributed by atoms with van der Waals surface area (Å²) in [6.07, 6.45) is 2.96. The lowest BCUT2D eigenvalue weighted by atomic mass is 9.50. The van der Waals surface area contributed by atoms with E-state index in [1.165, 1.54) is 6.42 Å². The lowest BCUT2D eigenvalue weighted by Crippen LogP contribution is -2.59. The summed E-state index contributed by atoms with van der Waals surface area (Å²) in [5.74, 6) is -5.16. The maximum Gasteiger partial charge on any atom is 0.465 e. The van der Waals surface area contributed by atoms with E-state index in [1.807, 2.05) is 6.92 Å². The maximum absolute atomic E-state index is 13.8. The van der Waals surface area contributed by atoms with Crippen LogP contribution in [0.15, 0.2) is 0 Å². The fraction of sp³-hybridized carbons (Fsp3) is 0.864. The molecule has 6 bridgehead atoms. The Morgan fingerprint density at radius 3 is 2.21 bits per heavy atom. The molecule has 7 rings (SSSR count). The summed E-state index contributed by atoms with van der Waals surface area (Å²) in [4.78, 5) is 38.0. The minimum atomic E-state index is -6.06. The van der Waals surface area contributed by atoms with Crippen LogP contribution in [0.2, 0.25) is 0 Å². The van der Waals surface area contributed by atoms with Crippen molar-refractivity contribution in [1.82, 2.24) is 0 Å². The molecule has 6 saturated carbocycles. The first kappa shape index (κ1) is 22.6. The fourth-order valence-electron chi connectivity index (χ4n) is 8.34. The first-order valence-corrected chi connectivity index (χ1v) is 13.2. The van der Waals surface area contributed by atoms with E-state index < -0.39 is 74.8 Å². The van der Waals surface area contributed by atoms with E-state index in [0.717, 1.165) is 25.7 Å². The molecule has 1 aliphatic heterocycles. The Bertz CT molecular complexity index is 1040. The van der Waals surface area contributed by atoms with Crippen LogP contribution in [0.25, 0.3) is 0 Å². The largest absolute Gasteiger partial charge is 0.465 e. The van der Waals surface area contributed by atoms with E-state index in [4.69, 9.17) is 18.8 Å². The lowest BCUT2D eigenvalue weighted by Gasteiger charge is -2.59. The topological polar surface area (TPSA) is 133 Å². The Labute approximate surface area is 194 Å². The molecule has 0 amide bonds. The van der Waals surface area contributed by atoms with E-state index in [1.54, 1.807) is 0 Å². The molecule has 5 unspecified atom stereocenters. The predicted octanol–water partition coefficient (Wildman–Crippen LogP) is 1.94. The summed E-state index contributed by atoms with van der Waals surface area (Å²) in [6.45, 7) is 1.95. The molecule has 1 heterocycles. The molecule has 0 radical (unpaired) electrons.